The van der Waals surface area contributed by atoms with Gasteiger partial charge in [0.15, 0.2) is 0 Å². The van der Waals surface area contributed by atoms with Crippen LogP contribution in [-0.4, -0.2) is 33.6 Å². The fraction of sp³-hybridized carbons (Fsp3) is 0.278. The molecule has 2 aromatic carbocycles. The topological polar surface area (TPSA) is 84.5 Å². The van der Waals surface area contributed by atoms with Gasteiger partial charge in [-0.1, -0.05) is 6.07 Å². The number of carbonyl (C=O) groups excluding carboxylic acids is 1. The molecule has 0 radical (unpaired) electrons. The third-order valence-corrected chi connectivity index (χ3v) is 6.14. The Balaban J connectivity index is 1.63. The first-order chi connectivity index (χ1) is 12.4. The van der Waals surface area contributed by atoms with E-state index in [0.29, 0.717) is 17.9 Å². The van der Waals surface area contributed by atoms with Crippen LogP contribution in [0.15, 0.2) is 53.4 Å². The van der Waals surface area contributed by atoms with Crippen molar-refractivity contribution in [1.29, 1.82) is 0 Å². The molecule has 1 fully saturated rings. The quantitative estimate of drug-likeness (QED) is 0.616. The number of halogens is 1. The second-order valence-corrected chi connectivity index (χ2v) is 8.99. The van der Waals surface area contributed by atoms with Crippen molar-refractivity contribution in [2.24, 2.45) is 0 Å². The highest BCUT2D eigenvalue weighted by Gasteiger charge is 2.20. The monoisotopic (exact) mass is 486 g/mol. The van der Waals surface area contributed by atoms with Crippen molar-refractivity contribution in [3.05, 3.63) is 57.7 Å². The molecular formula is C18H19IN2O4S. The number of hydrogen-bond donors (Lipinski definition) is 2. The largest absolute Gasteiger partial charge is 0.377 e. The van der Waals surface area contributed by atoms with E-state index in [1.165, 1.54) is 12.1 Å². The smallest absolute Gasteiger partial charge is 0.255 e. The summed E-state index contributed by atoms with van der Waals surface area (Å²) in [5.41, 5.74) is 1.08. The molecular weight excluding hydrogens is 467 g/mol. The summed E-state index contributed by atoms with van der Waals surface area (Å²) in [6, 6.07) is 13.3. The molecule has 0 aromatic heterocycles. The molecule has 1 amide bonds. The van der Waals surface area contributed by atoms with Crippen LogP contribution in [0.2, 0.25) is 0 Å². The fourth-order valence-corrected chi connectivity index (χ4v) is 4.25. The lowest BCUT2D eigenvalue weighted by molar-refractivity contribution is 0.102. The second-order valence-electron chi connectivity index (χ2n) is 5.98. The normalized spacial score (nSPS) is 17.2. The molecule has 1 atom stereocenters. The minimum absolute atomic E-state index is 0.0583. The van der Waals surface area contributed by atoms with Gasteiger partial charge in [-0.3, -0.25) is 4.79 Å². The van der Waals surface area contributed by atoms with E-state index in [1.54, 1.807) is 24.3 Å². The molecule has 8 heteroatoms. The maximum absolute atomic E-state index is 12.3. The zero-order valence-electron chi connectivity index (χ0n) is 13.9. The Hall–Kier alpha value is -1.49. The maximum atomic E-state index is 12.3. The van der Waals surface area contributed by atoms with Crippen LogP contribution in [0.5, 0.6) is 0 Å². The highest BCUT2D eigenvalue weighted by molar-refractivity contribution is 14.1. The highest BCUT2D eigenvalue weighted by atomic mass is 127. The van der Waals surface area contributed by atoms with Crippen LogP contribution >= 0.6 is 22.6 Å². The Bertz CT molecular complexity index is 878. The molecule has 1 aliphatic heterocycles. The molecule has 0 saturated carbocycles. The van der Waals surface area contributed by atoms with E-state index >= 15 is 0 Å². The van der Waals surface area contributed by atoms with Crippen LogP contribution in [0.3, 0.4) is 0 Å². The van der Waals surface area contributed by atoms with Crippen molar-refractivity contribution in [1.82, 2.24) is 4.72 Å². The van der Waals surface area contributed by atoms with Crippen molar-refractivity contribution in [2.45, 2.75) is 23.8 Å². The first-order valence-corrected chi connectivity index (χ1v) is 10.8. The van der Waals surface area contributed by atoms with Gasteiger partial charge in [0.25, 0.3) is 5.91 Å². The number of anilines is 1. The predicted octanol–water partition coefficient (Wildman–Crippen LogP) is 3.00. The highest BCUT2D eigenvalue weighted by Crippen LogP contribution is 2.17. The lowest BCUT2D eigenvalue weighted by Crippen LogP contribution is -2.31. The SMILES string of the molecule is O=C(Nc1ccc(S(=O)(=O)NCC2CCCO2)cc1)c1cccc(I)c1. The van der Waals surface area contributed by atoms with Crippen molar-refractivity contribution in [3.8, 4) is 0 Å². The number of hydrogen-bond acceptors (Lipinski definition) is 4. The van der Waals surface area contributed by atoms with Crippen LogP contribution in [0, 0.1) is 3.57 Å². The van der Waals surface area contributed by atoms with E-state index < -0.39 is 10.0 Å². The number of benzene rings is 2. The van der Waals surface area contributed by atoms with Gasteiger partial charge in [-0.25, -0.2) is 13.1 Å². The number of carbonyl (C=O) groups is 1. The lowest BCUT2D eigenvalue weighted by atomic mass is 10.2. The average molecular weight is 486 g/mol. The van der Waals surface area contributed by atoms with E-state index in [0.717, 1.165) is 16.4 Å². The van der Waals surface area contributed by atoms with Crippen LogP contribution in [0.1, 0.15) is 23.2 Å². The standard InChI is InChI=1S/C18H19IN2O4S/c19-14-4-1-3-13(11-14)18(22)21-15-6-8-17(9-7-15)26(23,24)20-12-16-5-2-10-25-16/h1,3-4,6-9,11,16,20H,2,5,10,12H2,(H,21,22). The summed E-state index contributed by atoms with van der Waals surface area (Å²) in [6.07, 6.45) is 1.77. The van der Waals surface area contributed by atoms with E-state index in [-0.39, 0.29) is 23.5 Å². The Morgan fingerprint density at radius 3 is 2.62 bits per heavy atom. The van der Waals surface area contributed by atoms with Gasteiger partial charge in [0.2, 0.25) is 10.0 Å². The van der Waals surface area contributed by atoms with Gasteiger partial charge < -0.3 is 10.1 Å². The molecule has 1 saturated heterocycles. The summed E-state index contributed by atoms with van der Waals surface area (Å²) in [6.45, 7) is 0.953. The third-order valence-electron chi connectivity index (χ3n) is 4.03. The summed E-state index contributed by atoms with van der Waals surface area (Å²) < 4.78 is 33.6. The molecule has 0 bridgehead atoms. The number of rotatable bonds is 6. The van der Waals surface area contributed by atoms with E-state index in [2.05, 4.69) is 32.6 Å². The van der Waals surface area contributed by atoms with Crippen molar-refractivity contribution in [2.75, 3.05) is 18.5 Å². The molecule has 0 aliphatic carbocycles. The Morgan fingerprint density at radius 2 is 1.96 bits per heavy atom. The molecule has 1 aliphatic rings. The van der Waals surface area contributed by atoms with Crippen LogP contribution in [-0.2, 0) is 14.8 Å². The van der Waals surface area contributed by atoms with Gasteiger partial charge in [0, 0.05) is 28.0 Å². The van der Waals surface area contributed by atoms with Crippen molar-refractivity contribution >= 4 is 44.2 Å². The lowest BCUT2D eigenvalue weighted by Gasteiger charge is -2.12. The molecule has 2 N–H and O–H groups in total. The zero-order valence-corrected chi connectivity index (χ0v) is 16.9. The third kappa shape index (κ3) is 5.03. The van der Waals surface area contributed by atoms with Crippen molar-refractivity contribution < 1.29 is 17.9 Å². The minimum Gasteiger partial charge on any atom is -0.377 e. The van der Waals surface area contributed by atoms with Gasteiger partial charge in [0.1, 0.15) is 0 Å². The molecule has 3 rings (SSSR count). The molecule has 6 nitrogen and oxygen atoms in total. The van der Waals surface area contributed by atoms with E-state index in [9.17, 15) is 13.2 Å². The molecule has 1 heterocycles. The Labute approximate surface area is 166 Å². The fourth-order valence-electron chi connectivity index (χ4n) is 2.64. The van der Waals surface area contributed by atoms with Gasteiger partial charge in [0.05, 0.1) is 11.0 Å². The molecule has 138 valence electrons. The average Bonchev–Trinajstić information content (AvgIpc) is 3.14. The second kappa shape index (κ2) is 8.47. The molecule has 1 unspecified atom stereocenters. The number of ether oxygens (including phenoxy) is 1. The summed E-state index contributed by atoms with van der Waals surface area (Å²) in [7, 11) is -3.59. The summed E-state index contributed by atoms with van der Waals surface area (Å²) in [5, 5.41) is 2.76. The number of sulfonamides is 1. The first-order valence-electron chi connectivity index (χ1n) is 8.22. The van der Waals surface area contributed by atoms with E-state index in [1.807, 2.05) is 12.1 Å². The van der Waals surface area contributed by atoms with E-state index in [4.69, 9.17) is 4.74 Å². The summed E-state index contributed by atoms with van der Waals surface area (Å²) in [4.78, 5) is 12.4. The minimum atomic E-state index is -3.59. The molecule has 26 heavy (non-hydrogen) atoms. The van der Waals surface area contributed by atoms with Crippen LogP contribution < -0.4 is 10.0 Å². The summed E-state index contributed by atoms with van der Waals surface area (Å²) in [5.74, 6) is -0.240. The van der Waals surface area contributed by atoms with Gasteiger partial charge in [-0.2, -0.15) is 0 Å². The zero-order chi connectivity index (χ0) is 18.6. The molecule has 2 aromatic rings. The number of amides is 1. The van der Waals surface area contributed by atoms with Gasteiger partial charge >= 0.3 is 0 Å². The molecule has 0 spiro atoms. The predicted molar refractivity (Wildman–Crippen MR) is 108 cm³/mol. The van der Waals surface area contributed by atoms with Crippen molar-refractivity contribution in [3.63, 3.8) is 0 Å². The maximum Gasteiger partial charge on any atom is 0.255 e. The Kier molecular flexibility index (Phi) is 6.28. The summed E-state index contributed by atoms with van der Waals surface area (Å²) >= 11 is 2.14. The number of nitrogens with one attached hydrogen (secondary N) is 2. The first kappa shape index (κ1) is 19.3. The van der Waals surface area contributed by atoms with Crippen LogP contribution in [0.25, 0.3) is 0 Å². The van der Waals surface area contributed by atoms with Gasteiger partial charge in [-0.15, -0.1) is 0 Å². The van der Waals surface area contributed by atoms with Crippen LogP contribution in [0.4, 0.5) is 5.69 Å². The Morgan fingerprint density at radius 1 is 1.19 bits per heavy atom. The van der Waals surface area contributed by atoms with Gasteiger partial charge in [-0.05, 0) is 77.9 Å².